The number of aldehydes is 1. The van der Waals surface area contributed by atoms with Gasteiger partial charge in [0.2, 0.25) is 0 Å². The number of ether oxygens (including phenoxy) is 1. The molecule has 0 aliphatic heterocycles. The molecule has 152 valence electrons. The number of rotatable bonds is 10. The van der Waals surface area contributed by atoms with Crippen LogP contribution in [0.2, 0.25) is 10.0 Å². The molecule has 0 amide bonds. The second kappa shape index (κ2) is 10.5. The number of hydrogen-bond donors (Lipinski definition) is 1. The van der Waals surface area contributed by atoms with Crippen LogP contribution in [0.25, 0.3) is 0 Å². The van der Waals surface area contributed by atoms with E-state index in [1.165, 1.54) is 0 Å². The first-order chi connectivity index (χ1) is 14.0. The van der Waals surface area contributed by atoms with E-state index in [4.69, 9.17) is 32.4 Å². The summed E-state index contributed by atoms with van der Waals surface area (Å²) >= 11 is 12.3. The molecule has 2 aromatic carbocycles. The average molecular weight is 434 g/mol. The van der Waals surface area contributed by atoms with E-state index in [1.54, 1.807) is 42.7 Å². The summed E-state index contributed by atoms with van der Waals surface area (Å²) in [6, 6.07) is 15.9. The van der Waals surface area contributed by atoms with Gasteiger partial charge in [0.1, 0.15) is 30.5 Å². The molecule has 1 heterocycles. The van der Waals surface area contributed by atoms with E-state index in [9.17, 15) is 9.90 Å². The molecule has 1 unspecified atom stereocenters. The van der Waals surface area contributed by atoms with Gasteiger partial charge in [0, 0.05) is 28.7 Å². The van der Waals surface area contributed by atoms with Gasteiger partial charge in [-0.1, -0.05) is 41.4 Å². The van der Waals surface area contributed by atoms with Gasteiger partial charge in [-0.3, -0.25) is 9.69 Å². The summed E-state index contributed by atoms with van der Waals surface area (Å²) < 4.78 is 11.1. The van der Waals surface area contributed by atoms with E-state index < -0.39 is 6.10 Å². The molecule has 0 aliphatic carbocycles. The Hall–Kier alpha value is -2.31. The lowest BCUT2D eigenvalue weighted by Crippen LogP contribution is -2.35. The van der Waals surface area contributed by atoms with Crippen LogP contribution < -0.4 is 4.74 Å². The molecule has 0 aliphatic rings. The number of carbonyl (C=O) groups excluding carboxylic acids is 1. The fraction of sp³-hybridized carbons (Fsp3) is 0.227. The van der Waals surface area contributed by atoms with Gasteiger partial charge in [-0.25, -0.2) is 0 Å². The van der Waals surface area contributed by atoms with Gasteiger partial charge in [0.05, 0.1) is 12.8 Å². The van der Waals surface area contributed by atoms with Gasteiger partial charge in [0.15, 0.2) is 0 Å². The number of furan rings is 1. The number of aliphatic hydroxyl groups is 1. The summed E-state index contributed by atoms with van der Waals surface area (Å²) in [6.45, 7) is 1.44. The van der Waals surface area contributed by atoms with E-state index in [0.717, 1.165) is 17.6 Å². The standard InChI is InChI=1S/C22H21Cl2NO4/c23-18-7-6-17(22(24)10-18)11-25(13-21-5-2-8-28-21)12-19(27)15-29-20-4-1-3-16(9-20)14-26/h1-10,14,19,27H,11-13,15H2. The average Bonchev–Trinajstić information content (AvgIpc) is 3.21. The smallest absolute Gasteiger partial charge is 0.150 e. The predicted molar refractivity (Wildman–Crippen MR) is 113 cm³/mol. The van der Waals surface area contributed by atoms with Crippen molar-refractivity contribution in [3.05, 3.63) is 87.8 Å². The normalized spacial score (nSPS) is 12.1. The zero-order valence-corrected chi connectivity index (χ0v) is 17.1. The summed E-state index contributed by atoms with van der Waals surface area (Å²) in [7, 11) is 0. The molecule has 0 bridgehead atoms. The van der Waals surface area contributed by atoms with E-state index in [2.05, 4.69) is 0 Å². The van der Waals surface area contributed by atoms with Gasteiger partial charge < -0.3 is 14.3 Å². The van der Waals surface area contributed by atoms with Crippen LogP contribution in [-0.4, -0.2) is 35.5 Å². The molecule has 3 rings (SSSR count). The highest BCUT2D eigenvalue weighted by Gasteiger charge is 2.16. The van der Waals surface area contributed by atoms with E-state index >= 15 is 0 Å². The zero-order valence-electron chi connectivity index (χ0n) is 15.6. The molecule has 1 aromatic heterocycles. The maximum atomic E-state index is 10.9. The maximum Gasteiger partial charge on any atom is 0.150 e. The van der Waals surface area contributed by atoms with Gasteiger partial charge in [-0.05, 0) is 42.0 Å². The van der Waals surface area contributed by atoms with E-state index in [1.807, 2.05) is 23.1 Å². The van der Waals surface area contributed by atoms with Crippen LogP contribution in [0.5, 0.6) is 5.75 Å². The summed E-state index contributed by atoms with van der Waals surface area (Å²) in [5.74, 6) is 1.31. The van der Waals surface area contributed by atoms with Crippen molar-refractivity contribution in [2.45, 2.75) is 19.2 Å². The third-order valence-corrected chi connectivity index (χ3v) is 4.86. The molecule has 7 heteroatoms. The van der Waals surface area contributed by atoms with Crippen LogP contribution in [-0.2, 0) is 13.1 Å². The number of aliphatic hydroxyl groups excluding tert-OH is 1. The topological polar surface area (TPSA) is 62.9 Å². The first-order valence-electron chi connectivity index (χ1n) is 9.08. The van der Waals surface area contributed by atoms with E-state index in [0.29, 0.717) is 41.0 Å². The Labute approximate surface area is 179 Å². The van der Waals surface area contributed by atoms with Crippen molar-refractivity contribution < 1.29 is 19.1 Å². The van der Waals surface area contributed by atoms with Crippen molar-refractivity contribution in [3.63, 3.8) is 0 Å². The number of hydrogen-bond acceptors (Lipinski definition) is 5. The van der Waals surface area contributed by atoms with Crippen molar-refractivity contribution in [1.29, 1.82) is 0 Å². The number of nitrogens with zero attached hydrogens (tertiary/aromatic N) is 1. The molecular weight excluding hydrogens is 413 g/mol. The molecule has 1 atom stereocenters. The van der Waals surface area contributed by atoms with Gasteiger partial charge in [0.25, 0.3) is 0 Å². The predicted octanol–water partition coefficient (Wildman–Crippen LogP) is 4.84. The fourth-order valence-electron chi connectivity index (χ4n) is 2.92. The second-order valence-corrected chi connectivity index (χ2v) is 7.48. The lowest BCUT2D eigenvalue weighted by atomic mass is 10.2. The van der Waals surface area contributed by atoms with Gasteiger partial charge >= 0.3 is 0 Å². The molecule has 3 aromatic rings. The van der Waals surface area contributed by atoms with Crippen LogP contribution in [0.1, 0.15) is 21.7 Å². The highest BCUT2D eigenvalue weighted by molar-refractivity contribution is 6.35. The van der Waals surface area contributed by atoms with E-state index in [-0.39, 0.29) is 6.61 Å². The summed E-state index contributed by atoms with van der Waals surface area (Å²) in [4.78, 5) is 12.9. The number of benzene rings is 2. The van der Waals surface area contributed by atoms with Crippen molar-refractivity contribution in [1.82, 2.24) is 4.90 Å². The molecule has 1 N–H and O–H groups in total. The Morgan fingerprint density at radius 1 is 1.10 bits per heavy atom. The lowest BCUT2D eigenvalue weighted by molar-refractivity contribution is 0.0604. The lowest BCUT2D eigenvalue weighted by Gasteiger charge is -2.25. The largest absolute Gasteiger partial charge is 0.491 e. The van der Waals surface area contributed by atoms with Gasteiger partial charge in [-0.2, -0.15) is 0 Å². The van der Waals surface area contributed by atoms with Crippen molar-refractivity contribution in [3.8, 4) is 5.75 Å². The summed E-state index contributed by atoms with van der Waals surface area (Å²) in [6.07, 6.45) is 1.61. The molecule has 0 fully saturated rings. The SMILES string of the molecule is O=Cc1cccc(OCC(O)CN(Cc2ccco2)Cc2ccc(Cl)cc2Cl)c1. The minimum absolute atomic E-state index is 0.0886. The Morgan fingerprint density at radius 2 is 1.97 bits per heavy atom. The molecule has 0 saturated heterocycles. The van der Waals surface area contributed by atoms with Crippen LogP contribution in [0, 0.1) is 0 Å². The summed E-state index contributed by atoms with van der Waals surface area (Å²) in [5, 5.41) is 11.6. The second-order valence-electron chi connectivity index (χ2n) is 6.64. The van der Waals surface area contributed by atoms with Crippen LogP contribution in [0.15, 0.2) is 65.3 Å². The Morgan fingerprint density at radius 3 is 2.69 bits per heavy atom. The summed E-state index contributed by atoms with van der Waals surface area (Å²) in [5.41, 5.74) is 1.42. The quantitative estimate of drug-likeness (QED) is 0.463. The number of carbonyl (C=O) groups is 1. The molecule has 29 heavy (non-hydrogen) atoms. The Balaban J connectivity index is 1.64. The molecule has 0 saturated carbocycles. The molecule has 0 spiro atoms. The zero-order chi connectivity index (χ0) is 20.6. The monoisotopic (exact) mass is 433 g/mol. The molecule has 5 nitrogen and oxygen atoms in total. The highest BCUT2D eigenvalue weighted by atomic mass is 35.5. The third kappa shape index (κ3) is 6.61. The third-order valence-electron chi connectivity index (χ3n) is 4.27. The highest BCUT2D eigenvalue weighted by Crippen LogP contribution is 2.23. The Kier molecular flexibility index (Phi) is 7.72. The molecular formula is C22H21Cl2NO4. The first-order valence-corrected chi connectivity index (χ1v) is 9.84. The number of halogens is 2. The van der Waals surface area contributed by atoms with Crippen molar-refractivity contribution in [2.24, 2.45) is 0 Å². The van der Waals surface area contributed by atoms with Crippen LogP contribution in [0.3, 0.4) is 0 Å². The minimum atomic E-state index is -0.754. The fourth-order valence-corrected chi connectivity index (χ4v) is 3.39. The Bertz CT molecular complexity index is 930. The van der Waals surface area contributed by atoms with Crippen LogP contribution >= 0.6 is 23.2 Å². The maximum absolute atomic E-state index is 10.9. The minimum Gasteiger partial charge on any atom is -0.491 e. The van der Waals surface area contributed by atoms with Crippen LogP contribution in [0.4, 0.5) is 0 Å². The van der Waals surface area contributed by atoms with Gasteiger partial charge in [-0.15, -0.1) is 0 Å². The molecule has 0 radical (unpaired) electrons. The first kappa shape index (κ1) is 21.4. The van der Waals surface area contributed by atoms with Crippen molar-refractivity contribution in [2.75, 3.05) is 13.2 Å². The van der Waals surface area contributed by atoms with Crippen molar-refractivity contribution >= 4 is 29.5 Å².